The Balaban J connectivity index is 0.000000284. The molecule has 4 N–H and O–H groups in total. The molecule has 24 heteroatoms. The molecule has 0 amide bonds. The van der Waals surface area contributed by atoms with Gasteiger partial charge >= 0.3 is 24.7 Å². The van der Waals surface area contributed by atoms with Gasteiger partial charge in [0.2, 0.25) is 11.9 Å². The molecule has 4 rings (SSSR count). The van der Waals surface area contributed by atoms with E-state index in [0.717, 1.165) is 6.42 Å². The average Bonchev–Trinajstić information content (AvgIpc) is 2.92. The molecule has 2 aromatic rings. The molecule has 2 aliphatic rings. The van der Waals surface area contributed by atoms with Crippen LogP contribution in [-0.2, 0) is 44.8 Å². The third-order valence-electron chi connectivity index (χ3n) is 6.85. The highest BCUT2D eigenvalue weighted by molar-refractivity contribution is 7.90. The molecular weight excluding hydrogens is 776 g/mol. The van der Waals surface area contributed by atoms with Crippen LogP contribution in [0.3, 0.4) is 0 Å². The molecule has 2 aliphatic heterocycles. The Kier molecular flexibility index (Phi) is 11.8. The van der Waals surface area contributed by atoms with E-state index < -0.39 is 112 Å². The van der Waals surface area contributed by atoms with Gasteiger partial charge in [-0.1, -0.05) is 13.8 Å². The standard InChI is InChI=1S/C16H19F6N3O2S.C12H11F6N3O2S/c1-8(2)4-5-9(3)23-14-24-12-7-10(15(17,18)19)6-11(16(20,21)22)13(12)28(26,27)25-14;1-5(2)19-10-20-8-4-6(11(13,14)15)3-7(12(16,17)18)9(8)24(22,23)21-10/h6-9H,4-5H2,1-3H3,(H2,23,24,25);3-5H,1-2H3,(H2,19,20,21). The lowest BCUT2D eigenvalue weighted by Crippen LogP contribution is -2.42. The van der Waals surface area contributed by atoms with E-state index in [-0.39, 0.29) is 12.1 Å². The Morgan fingerprint density at radius 2 is 0.923 bits per heavy atom. The molecule has 2 aromatic carbocycles. The zero-order valence-electron chi connectivity index (χ0n) is 27.3. The third kappa shape index (κ3) is 10.3. The SMILES string of the molecule is CC(C)CCC(C)N=C1Nc2cc(C(F)(F)F)cc(C(F)(F)F)c2S(=O)(=O)N1.CC(C)N=C1Nc2cc(C(F)(F)F)cc(C(F)(F)F)c2S(=O)(=O)N1. The molecule has 1 atom stereocenters. The molecule has 0 aliphatic carbocycles. The Labute approximate surface area is 289 Å². The van der Waals surface area contributed by atoms with E-state index >= 15 is 0 Å². The number of nitrogens with zero attached hydrogens (tertiary/aromatic N) is 2. The van der Waals surface area contributed by atoms with E-state index in [9.17, 15) is 69.5 Å². The minimum Gasteiger partial charge on any atom is -0.324 e. The van der Waals surface area contributed by atoms with Gasteiger partial charge in [-0.25, -0.2) is 36.3 Å². The lowest BCUT2D eigenvalue weighted by atomic mass is 10.0. The number of aliphatic imine (C=N–C) groups is 2. The van der Waals surface area contributed by atoms with Crippen LogP contribution in [0.2, 0.25) is 0 Å². The second-order valence-electron chi connectivity index (χ2n) is 12.1. The molecule has 0 saturated carbocycles. The maximum atomic E-state index is 13.3. The fraction of sp³-hybridized carbons (Fsp3) is 0.500. The van der Waals surface area contributed by atoms with Crippen molar-refractivity contribution in [1.29, 1.82) is 0 Å². The van der Waals surface area contributed by atoms with Gasteiger partial charge in [0.15, 0.2) is 0 Å². The number of anilines is 2. The van der Waals surface area contributed by atoms with Crippen molar-refractivity contribution in [3.8, 4) is 0 Å². The van der Waals surface area contributed by atoms with Gasteiger partial charge in [0.1, 0.15) is 9.79 Å². The molecule has 292 valence electrons. The number of benzene rings is 2. The van der Waals surface area contributed by atoms with Crippen LogP contribution in [0, 0.1) is 5.92 Å². The summed E-state index contributed by atoms with van der Waals surface area (Å²) in [6.45, 7) is 8.69. The first-order chi connectivity index (χ1) is 23.3. The molecule has 0 spiro atoms. The Morgan fingerprint density at radius 1 is 0.558 bits per heavy atom. The number of rotatable bonds is 5. The van der Waals surface area contributed by atoms with Crippen LogP contribution in [-0.4, -0.2) is 40.8 Å². The minimum absolute atomic E-state index is 0.215. The molecule has 0 fully saturated rings. The topological polar surface area (TPSA) is 141 Å². The summed E-state index contributed by atoms with van der Waals surface area (Å²) in [7, 11) is -9.52. The lowest BCUT2D eigenvalue weighted by molar-refractivity contribution is -0.146. The summed E-state index contributed by atoms with van der Waals surface area (Å²) in [4.78, 5) is 5.22. The van der Waals surface area contributed by atoms with Crippen molar-refractivity contribution in [2.75, 3.05) is 10.6 Å². The van der Waals surface area contributed by atoms with Crippen LogP contribution in [0.25, 0.3) is 0 Å². The highest BCUT2D eigenvalue weighted by Gasteiger charge is 2.46. The van der Waals surface area contributed by atoms with Gasteiger partial charge in [0, 0.05) is 6.04 Å². The number of fused-ring (bicyclic) bond motifs is 2. The molecule has 0 radical (unpaired) electrons. The smallest absolute Gasteiger partial charge is 0.324 e. The minimum atomic E-state index is -5.30. The van der Waals surface area contributed by atoms with Crippen molar-refractivity contribution in [1.82, 2.24) is 9.44 Å². The number of sulfonamides is 2. The molecule has 0 saturated heterocycles. The number of guanidine groups is 2. The van der Waals surface area contributed by atoms with Gasteiger partial charge in [-0.3, -0.25) is 0 Å². The molecular formula is C28H30F12N6O4S2. The van der Waals surface area contributed by atoms with Gasteiger partial charge in [-0.2, -0.15) is 52.7 Å². The number of halogens is 12. The van der Waals surface area contributed by atoms with Crippen LogP contribution in [0.4, 0.5) is 64.1 Å². The maximum Gasteiger partial charge on any atom is 0.417 e. The Morgan fingerprint density at radius 3 is 1.23 bits per heavy atom. The summed E-state index contributed by atoms with van der Waals surface area (Å²) in [5.74, 6) is -0.524. The van der Waals surface area contributed by atoms with Crippen molar-refractivity contribution >= 4 is 43.3 Å². The van der Waals surface area contributed by atoms with E-state index in [0.29, 0.717) is 24.5 Å². The average molecular weight is 807 g/mol. The van der Waals surface area contributed by atoms with Gasteiger partial charge in [0.05, 0.1) is 39.7 Å². The van der Waals surface area contributed by atoms with Crippen molar-refractivity contribution in [3.05, 3.63) is 46.5 Å². The summed E-state index contributed by atoms with van der Waals surface area (Å²) in [5.41, 5.74) is -8.70. The first-order valence-electron chi connectivity index (χ1n) is 14.7. The predicted octanol–water partition coefficient (Wildman–Crippen LogP) is 7.80. The van der Waals surface area contributed by atoms with Gasteiger partial charge in [-0.05, 0) is 63.8 Å². The highest BCUT2D eigenvalue weighted by atomic mass is 32.2. The largest absolute Gasteiger partial charge is 0.417 e. The molecule has 0 bridgehead atoms. The molecule has 2 heterocycles. The Hall–Kier alpha value is -3.96. The van der Waals surface area contributed by atoms with E-state index in [1.54, 1.807) is 25.5 Å². The monoisotopic (exact) mass is 806 g/mol. The summed E-state index contributed by atoms with van der Waals surface area (Å²) in [6, 6.07) is -0.667. The van der Waals surface area contributed by atoms with Crippen molar-refractivity contribution in [2.24, 2.45) is 15.9 Å². The number of alkyl halides is 12. The summed E-state index contributed by atoms with van der Waals surface area (Å²) < 4.78 is 209. The number of hydrogen-bond acceptors (Lipinski definition) is 6. The second kappa shape index (κ2) is 14.5. The summed E-state index contributed by atoms with van der Waals surface area (Å²) >= 11 is 0. The highest BCUT2D eigenvalue weighted by Crippen LogP contribution is 2.45. The molecule has 1 unspecified atom stereocenters. The predicted molar refractivity (Wildman–Crippen MR) is 164 cm³/mol. The summed E-state index contributed by atoms with van der Waals surface area (Å²) in [6.07, 6.45) is -19.4. The van der Waals surface area contributed by atoms with Crippen molar-refractivity contribution in [3.63, 3.8) is 0 Å². The quantitative estimate of drug-likeness (QED) is 0.228. The van der Waals surface area contributed by atoms with Gasteiger partial charge in [0.25, 0.3) is 20.0 Å². The first-order valence-corrected chi connectivity index (χ1v) is 17.7. The molecule has 10 nitrogen and oxygen atoms in total. The summed E-state index contributed by atoms with van der Waals surface area (Å²) in [5, 5.41) is 4.42. The van der Waals surface area contributed by atoms with Crippen LogP contribution < -0.4 is 20.1 Å². The van der Waals surface area contributed by atoms with E-state index in [4.69, 9.17) is 0 Å². The number of hydrogen-bond donors (Lipinski definition) is 4. The zero-order chi connectivity index (χ0) is 40.0. The first kappa shape index (κ1) is 42.5. The van der Waals surface area contributed by atoms with Crippen molar-refractivity contribution < 1.29 is 69.5 Å². The normalized spacial score (nSPS) is 19.1. The van der Waals surface area contributed by atoms with Crippen LogP contribution in [0.5, 0.6) is 0 Å². The van der Waals surface area contributed by atoms with Crippen molar-refractivity contribution in [2.45, 2.75) is 94.0 Å². The number of nitrogens with one attached hydrogen (secondary N) is 4. The van der Waals surface area contributed by atoms with E-state index in [1.807, 2.05) is 18.6 Å². The Bertz CT molecular complexity index is 1950. The van der Waals surface area contributed by atoms with Gasteiger partial charge in [-0.15, -0.1) is 0 Å². The van der Waals surface area contributed by atoms with E-state index in [2.05, 4.69) is 20.6 Å². The van der Waals surface area contributed by atoms with Crippen LogP contribution >= 0.6 is 0 Å². The van der Waals surface area contributed by atoms with Gasteiger partial charge < -0.3 is 10.6 Å². The van der Waals surface area contributed by atoms with E-state index in [1.165, 1.54) is 0 Å². The zero-order valence-corrected chi connectivity index (χ0v) is 29.0. The van der Waals surface area contributed by atoms with Crippen LogP contribution in [0.1, 0.15) is 69.7 Å². The fourth-order valence-corrected chi connectivity index (χ4v) is 7.32. The lowest BCUT2D eigenvalue weighted by Gasteiger charge is -2.26. The van der Waals surface area contributed by atoms with Crippen LogP contribution in [0.15, 0.2) is 44.0 Å². The molecule has 52 heavy (non-hydrogen) atoms. The fourth-order valence-electron chi connectivity index (χ4n) is 4.67. The molecule has 0 aromatic heterocycles. The third-order valence-corrected chi connectivity index (χ3v) is 9.73. The maximum absolute atomic E-state index is 13.3. The second-order valence-corrected chi connectivity index (χ2v) is 15.4.